The Morgan fingerprint density at radius 3 is 1.58 bits per heavy atom. The van der Waals surface area contributed by atoms with E-state index in [9.17, 15) is 0 Å². The van der Waals surface area contributed by atoms with Crippen LogP contribution in [0.2, 0.25) is 0 Å². The summed E-state index contributed by atoms with van der Waals surface area (Å²) in [5, 5.41) is 7.21. The van der Waals surface area contributed by atoms with Gasteiger partial charge in [0.05, 0.1) is 16.8 Å². The second-order valence-electron chi connectivity index (χ2n) is 17.6. The number of hydrogen-bond acceptors (Lipinski definition) is 2. The predicted octanol–water partition coefficient (Wildman–Crippen LogP) is 16.7. The van der Waals surface area contributed by atoms with Crippen molar-refractivity contribution in [3.63, 3.8) is 0 Å². The van der Waals surface area contributed by atoms with Crippen LogP contribution in [-0.4, -0.2) is 9.97 Å². The van der Waals surface area contributed by atoms with Gasteiger partial charge in [-0.15, -0.1) is 0 Å². The molecule has 0 N–H and O–H groups in total. The summed E-state index contributed by atoms with van der Waals surface area (Å²) in [6.07, 6.45) is 5.63. The maximum absolute atomic E-state index is 5.35. The van der Waals surface area contributed by atoms with Crippen LogP contribution in [0.1, 0.15) is 27.8 Å². The third-order valence-corrected chi connectivity index (χ3v) is 14.3. The molecule has 1 aromatic heterocycles. The Labute approximate surface area is 390 Å². The lowest BCUT2D eigenvalue weighted by Crippen LogP contribution is -2.25. The van der Waals surface area contributed by atoms with Gasteiger partial charge in [0, 0.05) is 16.7 Å². The molecule has 13 rings (SSSR count). The zero-order valence-corrected chi connectivity index (χ0v) is 36.7. The average Bonchev–Trinajstić information content (AvgIpc) is 3.87. The Morgan fingerprint density at radius 2 is 0.896 bits per heavy atom. The molecule has 312 valence electrons. The van der Waals surface area contributed by atoms with Gasteiger partial charge in [0.25, 0.3) is 0 Å². The van der Waals surface area contributed by atoms with Crippen molar-refractivity contribution >= 4 is 37.9 Å². The minimum absolute atomic E-state index is 0.366. The van der Waals surface area contributed by atoms with E-state index in [4.69, 9.17) is 9.97 Å². The quantitative estimate of drug-likeness (QED) is 0.118. The van der Waals surface area contributed by atoms with Crippen molar-refractivity contribution in [3.8, 4) is 67.3 Å². The number of aromatic nitrogens is 2. The second kappa shape index (κ2) is 15.2. The minimum Gasteiger partial charge on any atom is -0.228 e. The summed E-state index contributed by atoms with van der Waals surface area (Å²) < 4.78 is 0. The highest BCUT2D eigenvalue weighted by molar-refractivity contribution is 6.28. The predicted molar refractivity (Wildman–Crippen MR) is 281 cm³/mol. The normalized spacial score (nSPS) is 13.1. The topological polar surface area (TPSA) is 25.8 Å². The van der Waals surface area contributed by atoms with E-state index >= 15 is 0 Å². The molecule has 2 heteroatoms. The van der Waals surface area contributed by atoms with Gasteiger partial charge in [0.1, 0.15) is 0 Å². The molecule has 67 heavy (non-hydrogen) atoms. The third kappa shape index (κ3) is 5.76. The van der Waals surface area contributed by atoms with E-state index in [1.807, 2.05) is 30.4 Å². The van der Waals surface area contributed by atoms with E-state index in [1.165, 1.54) is 88.0 Å². The van der Waals surface area contributed by atoms with Crippen LogP contribution in [0.25, 0.3) is 105 Å². The maximum atomic E-state index is 5.35. The highest BCUT2D eigenvalue weighted by Crippen LogP contribution is 2.63. The zero-order valence-electron chi connectivity index (χ0n) is 36.7. The Morgan fingerprint density at radius 1 is 0.373 bits per heavy atom. The molecule has 2 aliphatic rings. The number of hydrogen-bond donors (Lipinski definition) is 0. The average molecular weight is 851 g/mol. The van der Waals surface area contributed by atoms with Crippen molar-refractivity contribution in [2.24, 2.45) is 0 Å². The fourth-order valence-corrected chi connectivity index (χ4v) is 11.4. The number of nitrogens with zero attached hydrogens (tertiary/aromatic N) is 2. The van der Waals surface area contributed by atoms with Crippen molar-refractivity contribution in [1.29, 1.82) is 0 Å². The van der Waals surface area contributed by atoms with E-state index in [-0.39, 0.29) is 5.41 Å². The van der Waals surface area contributed by atoms with Crippen LogP contribution in [-0.2, 0) is 5.41 Å². The molecule has 0 radical (unpaired) electrons. The summed E-state index contributed by atoms with van der Waals surface area (Å²) in [5.41, 5.74) is 19.5. The van der Waals surface area contributed by atoms with E-state index in [2.05, 4.69) is 207 Å². The van der Waals surface area contributed by atoms with Crippen LogP contribution in [0.4, 0.5) is 0 Å². The molecule has 0 atom stereocenters. The molecule has 1 heterocycles. The molecule has 10 aromatic carbocycles. The summed E-state index contributed by atoms with van der Waals surface area (Å²) in [7, 11) is 0. The Kier molecular flexibility index (Phi) is 8.78. The Bertz CT molecular complexity index is 3850. The molecular formula is C65H42N2. The summed E-state index contributed by atoms with van der Waals surface area (Å²) in [6, 6.07) is 77.7. The van der Waals surface area contributed by atoms with Crippen molar-refractivity contribution in [2.45, 2.75) is 5.41 Å². The number of rotatable bonds is 7. The highest BCUT2D eigenvalue weighted by atomic mass is 14.9. The molecule has 11 aromatic rings. The lowest BCUT2D eigenvalue weighted by atomic mass is 9.70. The van der Waals surface area contributed by atoms with E-state index in [0.29, 0.717) is 5.82 Å². The first-order valence-corrected chi connectivity index (χ1v) is 23.0. The van der Waals surface area contributed by atoms with E-state index in [1.54, 1.807) is 6.08 Å². The number of fused-ring (bicyclic) bond motifs is 16. The molecule has 2 nitrogen and oxygen atoms in total. The van der Waals surface area contributed by atoms with Crippen LogP contribution in [0, 0.1) is 0 Å². The summed E-state index contributed by atoms with van der Waals surface area (Å²) in [5.74, 6) is 0.685. The van der Waals surface area contributed by atoms with Gasteiger partial charge in [-0.05, 0) is 117 Å². The van der Waals surface area contributed by atoms with Crippen molar-refractivity contribution in [3.05, 3.63) is 272 Å². The van der Waals surface area contributed by atoms with E-state index in [0.717, 1.165) is 39.2 Å². The molecule has 0 saturated heterocycles. The monoisotopic (exact) mass is 850 g/mol. The van der Waals surface area contributed by atoms with Gasteiger partial charge in [-0.2, -0.15) is 0 Å². The van der Waals surface area contributed by atoms with Crippen molar-refractivity contribution in [2.75, 3.05) is 0 Å². The smallest absolute Gasteiger partial charge is 0.160 e. The molecule has 1 spiro atoms. The third-order valence-electron chi connectivity index (χ3n) is 14.3. The van der Waals surface area contributed by atoms with Crippen molar-refractivity contribution in [1.82, 2.24) is 9.97 Å². The van der Waals surface area contributed by atoms with Crippen LogP contribution >= 0.6 is 0 Å². The Hall–Kier alpha value is -8.72. The molecular weight excluding hydrogens is 809 g/mol. The standard InChI is InChI=1S/C65H42N2/c1-3-17-41(4-2)42-30-32-43(33-31-42)61-40-62(67-64(66-61)44-18-6-5-7-19-44)54-26-16-25-52-47-20-8-9-21-48(47)55-38-45(34-36-53(55)63(52)54)46-35-37-60-56(39-46)51-24-12-15-29-59(51)65(60)57-27-13-10-22-49(57)50-23-11-14-28-58(50)65/h3-40H,1-2H2/b41-17+. The first-order chi connectivity index (χ1) is 33.1. The summed E-state index contributed by atoms with van der Waals surface area (Å²) in [4.78, 5) is 10.5. The van der Waals surface area contributed by atoms with Gasteiger partial charge >= 0.3 is 0 Å². The van der Waals surface area contributed by atoms with Crippen LogP contribution in [0.3, 0.4) is 0 Å². The summed E-state index contributed by atoms with van der Waals surface area (Å²) >= 11 is 0. The molecule has 0 bridgehead atoms. The van der Waals surface area contributed by atoms with Gasteiger partial charge in [0.15, 0.2) is 5.82 Å². The molecule has 2 aliphatic carbocycles. The van der Waals surface area contributed by atoms with Crippen LogP contribution < -0.4 is 0 Å². The first-order valence-electron chi connectivity index (χ1n) is 23.0. The number of benzene rings is 10. The number of allylic oxidation sites excluding steroid dienone is 4. The minimum atomic E-state index is -0.366. The molecule has 0 aliphatic heterocycles. The lowest BCUT2D eigenvalue weighted by molar-refractivity contribution is 0.794. The molecule has 0 unspecified atom stereocenters. The van der Waals surface area contributed by atoms with Gasteiger partial charge in [0.2, 0.25) is 0 Å². The summed E-state index contributed by atoms with van der Waals surface area (Å²) in [6.45, 7) is 7.91. The second-order valence-corrected chi connectivity index (χ2v) is 17.6. The largest absolute Gasteiger partial charge is 0.228 e. The lowest BCUT2D eigenvalue weighted by Gasteiger charge is -2.30. The van der Waals surface area contributed by atoms with Crippen molar-refractivity contribution < 1.29 is 0 Å². The fraction of sp³-hybridized carbons (Fsp3) is 0.0154. The molecule has 0 amide bonds. The zero-order chi connectivity index (χ0) is 44.6. The van der Waals surface area contributed by atoms with Gasteiger partial charge < -0.3 is 0 Å². The van der Waals surface area contributed by atoms with Gasteiger partial charge in [-0.25, -0.2) is 9.97 Å². The fourth-order valence-electron chi connectivity index (χ4n) is 11.4. The molecule has 0 fully saturated rings. The van der Waals surface area contributed by atoms with Gasteiger partial charge in [-0.3, -0.25) is 0 Å². The van der Waals surface area contributed by atoms with Crippen LogP contribution in [0.5, 0.6) is 0 Å². The highest BCUT2D eigenvalue weighted by Gasteiger charge is 2.51. The first kappa shape index (κ1) is 38.7. The van der Waals surface area contributed by atoms with E-state index < -0.39 is 0 Å². The van der Waals surface area contributed by atoms with Gasteiger partial charge in [-0.1, -0.05) is 226 Å². The molecule has 0 saturated carbocycles. The Balaban J connectivity index is 1.00. The maximum Gasteiger partial charge on any atom is 0.160 e. The SMILES string of the molecule is C=C/C=C(\C=C)c1ccc(-c2cc(-c3cccc4c5ccccc5c5cc(-c6ccc7c(c6)-c6ccccc6C76c7ccccc7-c7ccccc76)ccc5c34)nc(-c3ccccc3)n2)cc1. The van der Waals surface area contributed by atoms with Crippen LogP contribution in [0.15, 0.2) is 244 Å².